The van der Waals surface area contributed by atoms with E-state index in [1.165, 1.54) is 0 Å². The Bertz CT molecular complexity index is 110. The van der Waals surface area contributed by atoms with Crippen molar-refractivity contribution in [1.29, 1.82) is 0 Å². The van der Waals surface area contributed by atoms with Gasteiger partial charge in [-0.15, -0.1) is 0 Å². The number of hydrogen-bond acceptors (Lipinski definition) is 1. The first-order valence-electron chi connectivity index (χ1n) is 2.81. The molecule has 0 unspecified atom stereocenters. The van der Waals surface area contributed by atoms with Crippen molar-refractivity contribution in [3.63, 3.8) is 0 Å². The van der Waals surface area contributed by atoms with Gasteiger partial charge < -0.3 is 12.4 Å². The van der Waals surface area contributed by atoms with Gasteiger partial charge in [0.15, 0.2) is 5.78 Å². The molecule has 10 heavy (non-hydrogen) atoms. The minimum absolute atomic E-state index is 0. The Labute approximate surface area is 82.3 Å². The third-order valence-corrected chi connectivity index (χ3v) is 0.716. The molecule has 0 fully saturated rings. The molecule has 0 radical (unpaired) electrons. The van der Waals surface area contributed by atoms with Crippen LogP contribution < -0.4 is 12.4 Å². The van der Waals surface area contributed by atoms with Gasteiger partial charge in [-0.05, 0) is 18.9 Å². The van der Waals surface area contributed by atoms with E-state index in [9.17, 15) is 4.79 Å². The van der Waals surface area contributed by atoms with Gasteiger partial charge >= 0.3 is 20.4 Å². The number of carbonyl (C=O) groups excluding carboxylic acids is 1. The van der Waals surface area contributed by atoms with E-state index in [1.54, 1.807) is 13.0 Å². The van der Waals surface area contributed by atoms with Gasteiger partial charge in [0.25, 0.3) is 0 Å². The Morgan fingerprint density at radius 1 is 1.40 bits per heavy atom. The predicted molar refractivity (Wildman–Crippen MR) is 34.7 cm³/mol. The first-order valence-corrected chi connectivity index (χ1v) is 2.81. The molecule has 0 aliphatic heterocycles. The summed E-state index contributed by atoms with van der Waals surface area (Å²) >= 11 is 0. The van der Waals surface area contributed by atoms with Crippen LogP contribution in [-0.2, 0) is 25.2 Å². The maximum Gasteiger partial charge on any atom is 2.00 e. The number of halogens is 1. The van der Waals surface area contributed by atoms with E-state index in [1.807, 2.05) is 19.9 Å². The van der Waals surface area contributed by atoms with Crippen LogP contribution in [0.5, 0.6) is 0 Å². The molecular weight excluding hydrogens is 242 g/mol. The molecule has 1 nitrogen and oxygen atoms in total. The minimum atomic E-state index is 0. The maximum atomic E-state index is 10.3. The molecule has 0 spiro atoms. The number of rotatable bonds is 2. The van der Waals surface area contributed by atoms with E-state index in [0.717, 1.165) is 0 Å². The summed E-state index contributed by atoms with van der Waals surface area (Å²) in [6.07, 6.45) is 3.49. The second-order valence-electron chi connectivity index (χ2n) is 2.21. The average molecular weight is 254 g/mol. The van der Waals surface area contributed by atoms with Gasteiger partial charge in [0, 0.05) is 0 Å². The van der Waals surface area contributed by atoms with Gasteiger partial charge in [-0.1, -0.05) is 19.9 Å². The topological polar surface area (TPSA) is 17.1 Å². The Morgan fingerprint density at radius 3 is 1.90 bits per heavy atom. The van der Waals surface area contributed by atoms with E-state index in [2.05, 4.69) is 0 Å². The normalized spacial score (nSPS) is 8.80. The van der Waals surface area contributed by atoms with Crippen LogP contribution in [0.25, 0.3) is 0 Å². The Hall–Kier alpha value is 0.362. The van der Waals surface area contributed by atoms with Crippen molar-refractivity contribution in [2.75, 3.05) is 0 Å². The second-order valence-corrected chi connectivity index (χ2v) is 2.21. The van der Waals surface area contributed by atoms with Crippen LogP contribution in [0.1, 0.15) is 20.8 Å². The summed E-state index contributed by atoms with van der Waals surface area (Å²) in [6, 6.07) is 0. The zero-order valence-corrected chi connectivity index (χ0v) is 8.65. The van der Waals surface area contributed by atoms with Crippen molar-refractivity contribution in [3.8, 4) is 0 Å². The van der Waals surface area contributed by atoms with E-state index < -0.39 is 0 Å². The third kappa shape index (κ3) is 15.8. The van der Waals surface area contributed by atoms with Crippen LogP contribution >= 0.6 is 0 Å². The molecular formula is C7H12ClOPd+. The van der Waals surface area contributed by atoms with Crippen LogP contribution in [0.4, 0.5) is 0 Å². The number of hydrogen-bond donors (Lipinski definition) is 0. The molecule has 0 heterocycles. The molecule has 0 aliphatic rings. The fourth-order valence-electron chi connectivity index (χ4n) is 0.328. The van der Waals surface area contributed by atoms with Crippen molar-refractivity contribution in [2.45, 2.75) is 20.8 Å². The van der Waals surface area contributed by atoms with Crippen molar-refractivity contribution in [2.24, 2.45) is 5.92 Å². The Morgan fingerprint density at radius 2 is 1.80 bits per heavy atom. The molecule has 0 atom stereocenters. The van der Waals surface area contributed by atoms with Crippen molar-refractivity contribution in [3.05, 3.63) is 12.2 Å². The second kappa shape index (κ2) is 9.36. The standard InChI is InChI=1S/C7H12O.ClH.Pd/c1-6(2)4-5-7(3)8;;/h4-6H,1-3H3;1H;/q;;+2/p-1/b5-4+;;. The summed E-state index contributed by atoms with van der Waals surface area (Å²) in [5.74, 6) is 0.609. The average Bonchev–Trinajstić information content (AvgIpc) is 1.61. The van der Waals surface area contributed by atoms with Crippen LogP contribution in [0.3, 0.4) is 0 Å². The summed E-state index contributed by atoms with van der Waals surface area (Å²) in [5, 5.41) is 0. The summed E-state index contributed by atoms with van der Waals surface area (Å²) < 4.78 is 0. The summed E-state index contributed by atoms with van der Waals surface area (Å²) in [6.45, 7) is 5.64. The molecule has 0 bridgehead atoms. The van der Waals surface area contributed by atoms with E-state index >= 15 is 0 Å². The summed E-state index contributed by atoms with van der Waals surface area (Å²) in [5.41, 5.74) is 0. The molecule has 3 heteroatoms. The van der Waals surface area contributed by atoms with Crippen LogP contribution in [0, 0.1) is 5.92 Å². The van der Waals surface area contributed by atoms with Gasteiger partial charge in [0.2, 0.25) is 0 Å². The number of ketones is 1. The first kappa shape index (κ1) is 16.8. The minimum Gasteiger partial charge on any atom is -1.00 e. The van der Waals surface area contributed by atoms with Gasteiger partial charge in [0.05, 0.1) is 0 Å². The van der Waals surface area contributed by atoms with Crippen molar-refractivity contribution in [1.82, 2.24) is 0 Å². The van der Waals surface area contributed by atoms with E-state index in [4.69, 9.17) is 0 Å². The Balaban J connectivity index is -0.000000245. The fourth-order valence-corrected chi connectivity index (χ4v) is 0.328. The smallest absolute Gasteiger partial charge is 1.00 e. The van der Waals surface area contributed by atoms with Crippen molar-refractivity contribution < 1.29 is 37.6 Å². The monoisotopic (exact) mass is 253 g/mol. The molecule has 0 saturated carbocycles. The number of carbonyl (C=O) groups is 1. The molecule has 0 rings (SSSR count). The zero-order valence-electron chi connectivity index (χ0n) is 6.33. The Kier molecular flexibility index (Phi) is 15.7. The largest absolute Gasteiger partial charge is 2.00 e. The van der Waals surface area contributed by atoms with Gasteiger partial charge in [-0.25, -0.2) is 0 Å². The van der Waals surface area contributed by atoms with Crippen LogP contribution in [0.15, 0.2) is 12.2 Å². The first-order chi connectivity index (χ1) is 3.63. The maximum absolute atomic E-state index is 10.3. The summed E-state index contributed by atoms with van der Waals surface area (Å²) in [4.78, 5) is 10.3. The molecule has 0 N–H and O–H groups in total. The molecule has 0 aromatic carbocycles. The predicted octanol–water partition coefficient (Wildman–Crippen LogP) is -1.21. The molecule has 62 valence electrons. The molecule has 0 aromatic heterocycles. The van der Waals surface area contributed by atoms with Crippen LogP contribution in [-0.4, -0.2) is 5.78 Å². The van der Waals surface area contributed by atoms with Crippen molar-refractivity contribution >= 4 is 5.78 Å². The van der Waals surface area contributed by atoms with E-state index in [0.29, 0.717) is 5.92 Å². The number of allylic oxidation sites excluding steroid dienone is 2. The van der Waals surface area contributed by atoms with Gasteiger partial charge in [-0.2, -0.15) is 0 Å². The van der Waals surface area contributed by atoms with E-state index in [-0.39, 0.29) is 38.6 Å². The quantitative estimate of drug-likeness (QED) is 0.446. The molecule has 0 amide bonds. The fraction of sp³-hybridized carbons (Fsp3) is 0.571. The molecule has 0 aliphatic carbocycles. The molecule has 0 aromatic rings. The van der Waals surface area contributed by atoms with Crippen LogP contribution in [0.2, 0.25) is 0 Å². The SMILES string of the molecule is CC(=O)/C=C/C(C)C.[Cl-].[Pd+2]. The molecule has 0 saturated heterocycles. The van der Waals surface area contributed by atoms with Gasteiger partial charge in [0.1, 0.15) is 0 Å². The van der Waals surface area contributed by atoms with Gasteiger partial charge in [-0.3, -0.25) is 4.79 Å². The third-order valence-electron chi connectivity index (χ3n) is 0.716. The summed E-state index contributed by atoms with van der Waals surface area (Å²) in [7, 11) is 0. The zero-order chi connectivity index (χ0) is 6.57.